The number of hydrogen-bond acceptors (Lipinski definition) is 6. The maximum Gasteiger partial charge on any atom is 0.225 e. The third-order valence-corrected chi connectivity index (χ3v) is 4.60. The van der Waals surface area contributed by atoms with Gasteiger partial charge in [-0.1, -0.05) is 0 Å². The largest absolute Gasteiger partial charge is 0.445 e. The van der Waals surface area contributed by atoms with E-state index in [1.165, 1.54) is 0 Å². The summed E-state index contributed by atoms with van der Waals surface area (Å²) in [5.74, 6) is 1.55. The van der Waals surface area contributed by atoms with E-state index in [-0.39, 0.29) is 0 Å². The second-order valence-electron chi connectivity index (χ2n) is 6.17. The molecule has 1 N–H and O–H groups in total. The Hall–Kier alpha value is -3.19. The molecule has 4 aromatic rings. The van der Waals surface area contributed by atoms with Crippen molar-refractivity contribution in [1.29, 1.82) is 0 Å². The first-order valence-corrected chi connectivity index (χ1v) is 8.55. The van der Waals surface area contributed by atoms with Crippen LogP contribution < -0.4 is 4.90 Å². The number of pyridine rings is 1. The summed E-state index contributed by atoms with van der Waals surface area (Å²) in [7, 11) is 0. The lowest BCUT2D eigenvalue weighted by molar-refractivity contribution is 0.122. The molecule has 26 heavy (non-hydrogen) atoms. The summed E-state index contributed by atoms with van der Waals surface area (Å²) in [6, 6.07) is 10.1. The zero-order valence-corrected chi connectivity index (χ0v) is 14.1. The van der Waals surface area contributed by atoms with Crippen LogP contribution in [-0.4, -0.2) is 46.5 Å². The number of ether oxygens (including phenoxy) is 1. The molecule has 1 aliphatic heterocycles. The molecule has 0 atom stereocenters. The second-order valence-corrected chi connectivity index (χ2v) is 6.17. The van der Waals surface area contributed by atoms with Crippen LogP contribution in [-0.2, 0) is 4.74 Å². The fraction of sp³-hybridized carbons (Fsp3) is 0.211. The molecule has 7 heteroatoms. The number of oxazole rings is 1. The molecule has 0 amide bonds. The molecule has 5 rings (SSSR count). The van der Waals surface area contributed by atoms with E-state index in [0.717, 1.165) is 59.8 Å². The van der Waals surface area contributed by atoms with Crippen LogP contribution in [0.15, 0.2) is 53.4 Å². The van der Waals surface area contributed by atoms with E-state index >= 15 is 0 Å². The standard InChI is InChI=1S/C19H17N5O2/c1-2-16-15(11-14(1)19-21-5-8-26-19)18(23-22-16)13-3-4-20-17(12-13)24-6-9-25-10-7-24/h1-5,8,11-12H,6-7,9-10H2,(H,22,23). The van der Waals surface area contributed by atoms with Gasteiger partial charge < -0.3 is 14.1 Å². The minimum atomic E-state index is 0.600. The first kappa shape index (κ1) is 15.1. The fourth-order valence-electron chi connectivity index (χ4n) is 3.26. The number of aromatic nitrogens is 4. The van der Waals surface area contributed by atoms with Gasteiger partial charge in [-0.25, -0.2) is 9.97 Å². The number of nitrogens with zero attached hydrogens (tertiary/aromatic N) is 4. The number of aromatic amines is 1. The highest BCUT2D eigenvalue weighted by Gasteiger charge is 2.15. The highest BCUT2D eigenvalue weighted by atomic mass is 16.5. The Bertz CT molecular complexity index is 1040. The number of morpholine rings is 1. The molecule has 1 aliphatic rings. The van der Waals surface area contributed by atoms with E-state index in [0.29, 0.717) is 5.89 Å². The van der Waals surface area contributed by atoms with Gasteiger partial charge in [-0.05, 0) is 30.3 Å². The Morgan fingerprint density at radius 3 is 2.73 bits per heavy atom. The Balaban J connectivity index is 1.57. The molecular formula is C19H17N5O2. The SMILES string of the molecule is c1cc(-c2n[nH]c3ccc(-c4ncco4)cc23)cc(N2CCOCC2)n1. The summed E-state index contributed by atoms with van der Waals surface area (Å²) in [5.41, 5.74) is 3.82. The zero-order valence-electron chi connectivity index (χ0n) is 14.1. The molecule has 0 saturated carbocycles. The quantitative estimate of drug-likeness (QED) is 0.613. The normalized spacial score (nSPS) is 14.8. The van der Waals surface area contributed by atoms with Crippen molar-refractivity contribution < 1.29 is 9.15 Å². The first-order valence-electron chi connectivity index (χ1n) is 8.55. The van der Waals surface area contributed by atoms with Gasteiger partial charge in [0.05, 0.1) is 24.9 Å². The predicted octanol–water partition coefficient (Wildman–Crippen LogP) is 3.12. The van der Waals surface area contributed by atoms with Gasteiger partial charge in [-0.15, -0.1) is 0 Å². The van der Waals surface area contributed by atoms with Gasteiger partial charge in [0.1, 0.15) is 17.8 Å². The van der Waals surface area contributed by atoms with Crippen LogP contribution in [0, 0.1) is 0 Å². The summed E-state index contributed by atoms with van der Waals surface area (Å²) in [6.45, 7) is 3.17. The van der Waals surface area contributed by atoms with Gasteiger partial charge in [0.2, 0.25) is 5.89 Å². The highest BCUT2D eigenvalue weighted by molar-refractivity contribution is 5.95. The van der Waals surface area contributed by atoms with Crippen LogP contribution >= 0.6 is 0 Å². The lowest BCUT2D eigenvalue weighted by Gasteiger charge is -2.27. The van der Waals surface area contributed by atoms with Crippen molar-refractivity contribution in [1.82, 2.24) is 20.2 Å². The highest BCUT2D eigenvalue weighted by Crippen LogP contribution is 2.31. The van der Waals surface area contributed by atoms with Crippen molar-refractivity contribution >= 4 is 16.7 Å². The monoisotopic (exact) mass is 347 g/mol. The van der Waals surface area contributed by atoms with Crippen LogP contribution in [0.1, 0.15) is 0 Å². The lowest BCUT2D eigenvalue weighted by Crippen LogP contribution is -2.36. The van der Waals surface area contributed by atoms with Crippen LogP contribution in [0.2, 0.25) is 0 Å². The van der Waals surface area contributed by atoms with Crippen LogP contribution in [0.4, 0.5) is 5.82 Å². The summed E-state index contributed by atoms with van der Waals surface area (Å²) >= 11 is 0. The van der Waals surface area contributed by atoms with E-state index in [1.54, 1.807) is 12.5 Å². The van der Waals surface area contributed by atoms with Crippen molar-refractivity contribution in [3.8, 4) is 22.7 Å². The van der Waals surface area contributed by atoms with E-state index in [9.17, 15) is 0 Å². The number of benzene rings is 1. The molecule has 0 aliphatic carbocycles. The lowest BCUT2D eigenvalue weighted by atomic mass is 10.1. The average Bonchev–Trinajstić information content (AvgIpc) is 3.38. The van der Waals surface area contributed by atoms with Crippen molar-refractivity contribution in [3.05, 3.63) is 49.0 Å². The molecule has 0 bridgehead atoms. The number of nitrogens with one attached hydrogen (secondary N) is 1. The number of H-pyrrole nitrogens is 1. The topological polar surface area (TPSA) is 80.1 Å². The minimum absolute atomic E-state index is 0.600. The number of anilines is 1. The van der Waals surface area contributed by atoms with Gasteiger partial charge in [-0.3, -0.25) is 5.10 Å². The van der Waals surface area contributed by atoms with Crippen LogP contribution in [0.3, 0.4) is 0 Å². The summed E-state index contributed by atoms with van der Waals surface area (Å²) in [5, 5.41) is 8.66. The van der Waals surface area contributed by atoms with E-state index in [2.05, 4.69) is 37.2 Å². The summed E-state index contributed by atoms with van der Waals surface area (Å²) in [4.78, 5) is 11.0. The van der Waals surface area contributed by atoms with Crippen LogP contribution in [0.5, 0.6) is 0 Å². The molecule has 1 saturated heterocycles. The predicted molar refractivity (Wildman–Crippen MR) is 97.9 cm³/mol. The molecule has 0 unspecified atom stereocenters. The molecular weight excluding hydrogens is 330 g/mol. The summed E-state index contributed by atoms with van der Waals surface area (Å²) in [6.07, 6.45) is 5.05. The molecule has 7 nitrogen and oxygen atoms in total. The Morgan fingerprint density at radius 2 is 1.88 bits per heavy atom. The first-order chi connectivity index (χ1) is 12.9. The number of rotatable bonds is 3. The van der Waals surface area contributed by atoms with Gasteiger partial charge in [-0.2, -0.15) is 5.10 Å². The molecule has 4 heterocycles. The number of hydrogen-bond donors (Lipinski definition) is 1. The van der Waals surface area contributed by atoms with Crippen molar-refractivity contribution in [2.75, 3.05) is 31.2 Å². The summed E-state index contributed by atoms with van der Waals surface area (Å²) < 4.78 is 10.8. The maximum atomic E-state index is 5.43. The van der Waals surface area contributed by atoms with Gasteiger partial charge in [0.25, 0.3) is 0 Å². The minimum Gasteiger partial charge on any atom is -0.445 e. The molecule has 0 spiro atoms. The van der Waals surface area contributed by atoms with E-state index in [1.807, 2.05) is 24.4 Å². The zero-order chi connectivity index (χ0) is 17.3. The molecule has 1 fully saturated rings. The fourth-order valence-corrected chi connectivity index (χ4v) is 3.26. The smallest absolute Gasteiger partial charge is 0.225 e. The van der Waals surface area contributed by atoms with Gasteiger partial charge in [0, 0.05) is 35.8 Å². The molecule has 130 valence electrons. The number of fused-ring (bicyclic) bond motifs is 1. The van der Waals surface area contributed by atoms with Gasteiger partial charge >= 0.3 is 0 Å². The Morgan fingerprint density at radius 1 is 0.962 bits per heavy atom. The third kappa shape index (κ3) is 2.62. The Kier molecular flexibility index (Phi) is 3.64. The average molecular weight is 347 g/mol. The Labute approximate surface area is 149 Å². The van der Waals surface area contributed by atoms with Gasteiger partial charge in [0.15, 0.2) is 0 Å². The van der Waals surface area contributed by atoms with Crippen LogP contribution in [0.25, 0.3) is 33.6 Å². The van der Waals surface area contributed by atoms with Crippen molar-refractivity contribution in [3.63, 3.8) is 0 Å². The maximum absolute atomic E-state index is 5.43. The molecule has 3 aromatic heterocycles. The third-order valence-electron chi connectivity index (χ3n) is 4.60. The van der Waals surface area contributed by atoms with Crippen molar-refractivity contribution in [2.45, 2.75) is 0 Å². The van der Waals surface area contributed by atoms with E-state index in [4.69, 9.17) is 9.15 Å². The molecule has 1 aromatic carbocycles. The van der Waals surface area contributed by atoms with Crippen molar-refractivity contribution in [2.24, 2.45) is 0 Å². The van der Waals surface area contributed by atoms with E-state index < -0.39 is 0 Å². The second kappa shape index (κ2) is 6.27. The molecule has 0 radical (unpaired) electrons.